The Labute approximate surface area is 96.0 Å². The first-order valence-corrected chi connectivity index (χ1v) is 4.56. The van der Waals surface area contributed by atoms with E-state index in [1.165, 1.54) is 0 Å². The quantitative estimate of drug-likeness (QED) is 0.524. The summed E-state index contributed by atoms with van der Waals surface area (Å²) < 4.78 is 0. The van der Waals surface area contributed by atoms with Crippen LogP contribution in [0.3, 0.4) is 0 Å². The van der Waals surface area contributed by atoms with Gasteiger partial charge in [-0.2, -0.15) is 5.26 Å². The van der Waals surface area contributed by atoms with E-state index in [2.05, 4.69) is 9.97 Å². The van der Waals surface area contributed by atoms with Gasteiger partial charge in [-0.15, -0.1) is 0 Å². The summed E-state index contributed by atoms with van der Waals surface area (Å²) in [7, 11) is 0. The Bertz CT molecular complexity index is 471. The molecule has 0 aliphatic heterocycles. The van der Waals surface area contributed by atoms with Gasteiger partial charge in [-0.3, -0.25) is 0 Å². The van der Waals surface area contributed by atoms with Crippen molar-refractivity contribution < 1.29 is 20.1 Å². The number of nitriles is 1. The van der Waals surface area contributed by atoms with E-state index in [0.29, 0.717) is 0 Å². The predicted octanol–water partition coefficient (Wildman–Crippen LogP) is -0.935. The number of anilines is 1. The lowest BCUT2D eigenvalue weighted by Crippen LogP contribution is -2.20. The van der Waals surface area contributed by atoms with Gasteiger partial charge in [0.05, 0.1) is 30.5 Å². The third-order valence-corrected chi connectivity index (χ3v) is 1.99. The molecule has 2 unspecified atom stereocenters. The van der Waals surface area contributed by atoms with Gasteiger partial charge in [0.1, 0.15) is 6.10 Å². The number of hydrogen-bond acceptors (Lipinski definition) is 7. The van der Waals surface area contributed by atoms with Crippen molar-refractivity contribution in [1.82, 2.24) is 9.97 Å². The van der Waals surface area contributed by atoms with Crippen LogP contribution in [0, 0.1) is 11.3 Å². The molecule has 1 aromatic heterocycles. The summed E-state index contributed by atoms with van der Waals surface area (Å²) in [5.74, 6) is -1.68. The van der Waals surface area contributed by atoms with Crippen LogP contribution in [-0.4, -0.2) is 37.4 Å². The van der Waals surface area contributed by atoms with Crippen LogP contribution in [0.4, 0.5) is 5.82 Å². The van der Waals surface area contributed by atoms with Gasteiger partial charge in [0.15, 0.2) is 11.5 Å². The molecule has 0 saturated carbocycles. The summed E-state index contributed by atoms with van der Waals surface area (Å²) in [6.45, 7) is 0. The molecule has 5 N–H and O–H groups in total. The van der Waals surface area contributed by atoms with Gasteiger partial charge in [-0.25, -0.2) is 14.8 Å². The molecule has 2 atom stereocenters. The first kappa shape index (κ1) is 12.8. The van der Waals surface area contributed by atoms with Crippen LogP contribution in [0.1, 0.15) is 28.7 Å². The number of carbonyl (C=O) groups is 1. The van der Waals surface area contributed by atoms with E-state index in [9.17, 15) is 15.0 Å². The summed E-state index contributed by atoms with van der Waals surface area (Å²) >= 11 is 0. The Morgan fingerprint density at radius 3 is 2.76 bits per heavy atom. The number of aliphatic hydroxyl groups is 2. The number of carboxylic acid groups (broad SMARTS) is 1. The molecule has 0 saturated heterocycles. The lowest BCUT2D eigenvalue weighted by Gasteiger charge is -2.14. The topological polar surface area (TPSA) is 153 Å². The summed E-state index contributed by atoms with van der Waals surface area (Å²) in [5, 5.41) is 36.0. The number of nitrogens with zero attached hydrogens (tertiary/aromatic N) is 3. The van der Waals surface area contributed by atoms with Gasteiger partial charge in [0.25, 0.3) is 0 Å². The van der Waals surface area contributed by atoms with Crippen molar-refractivity contribution in [1.29, 1.82) is 5.26 Å². The number of aromatic nitrogens is 2. The van der Waals surface area contributed by atoms with E-state index in [0.717, 1.165) is 6.20 Å². The molecular weight excluding hydrogens is 228 g/mol. The minimum atomic E-state index is -1.49. The lowest BCUT2D eigenvalue weighted by molar-refractivity contribution is 0.0186. The number of rotatable bonds is 4. The average molecular weight is 238 g/mol. The first-order valence-electron chi connectivity index (χ1n) is 4.56. The normalized spacial score (nSPS) is 13.7. The molecule has 0 aliphatic rings. The van der Waals surface area contributed by atoms with Gasteiger partial charge < -0.3 is 21.1 Å². The highest BCUT2D eigenvalue weighted by Gasteiger charge is 2.22. The molecule has 0 aliphatic carbocycles. The number of aliphatic hydroxyl groups excluding tert-OH is 2. The van der Waals surface area contributed by atoms with Crippen molar-refractivity contribution in [2.45, 2.75) is 18.6 Å². The van der Waals surface area contributed by atoms with E-state index in [4.69, 9.17) is 16.1 Å². The van der Waals surface area contributed by atoms with Crippen LogP contribution in [-0.2, 0) is 0 Å². The zero-order chi connectivity index (χ0) is 13.0. The fourth-order valence-corrected chi connectivity index (χ4v) is 1.11. The van der Waals surface area contributed by atoms with E-state index in [1.807, 2.05) is 0 Å². The highest BCUT2D eigenvalue weighted by Crippen LogP contribution is 2.18. The van der Waals surface area contributed by atoms with Crippen LogP contribution in [0.2, 0.25) is 0 Å². The van der Waals surface area contributed by atoms with E-state index in [1.54, 1.807) is 6.07 Å². The molecule has 8 heteroatoms. The SMILES string of the molecule is N#CCC(O)C(O)c1cnc(N)c(C(=O)O)n1. The summed E-state index contributed by atoms with van der Waals surface area (Å²) in [5.41, 5.74) is 4.61. The number of nitrogen functional groups attached to an aromatic ring is 1. The number of hydrogen-bond donors (Lipinski definition) is 4. The van der Waals surface area contributed by atoms with Gasteiger partial charge in [0, 0.05) is 0 Å². The standard InChI is InChI=1S/C9H10N4O4/c10-2-1-5(14)7(15)4-3-12-8(11)6(13-4)9(16)17/h3,5,7,14-15H,1H2,(H2,11,12)(H,16,17). The maximum absolute atomic E-state index is 10.7. The molecule has 0 aromatic carbocycles. The maximum atomic E-state index is 10.7. The second-order valence-electron chi connectivity index (χ2n) is 3.21. The summed E-state index contributed by atoms with van der Waals surface area (Å²) in [4.78, 5) is 17.8. The van der Waals surface area contributed by atoms with Crippen LogP contribution >= 0.6 is 0 Å². The first-order chi connectivity index (χ1) is 7.97. The number of carboxylic acids is 1. The molecule has 17 heavy (non-hydrogen) atoms. The summed E-state index contributed by atoms with van der Waals surface area (Å²) in [6, 6.07) is 1.67. The fraction of sp³-hybridized carbons (Fsp3) is 0.333. The second-order valence-corrected chi connectivity index (χ2v) is 3.21. The minimum Gasteiger partial charge on any atom is -0.476 e. The van der Waals surface area contributed by atoms with E-state index in [-0.39, 0.29) is 17.9 Å². The zero-order valence-electron chi connectivity index (χ0n) is 8.61. The number of aromatic carboxylic acids is 1. The predicted molar refractivity (Wildman–Crippen MR) is 54.6 cm³/mol. The van der Waals surface area contributed by atoms with Crippen LogP contribution in [0.15, 0.2) is 6.20 Å². The van der Waals surface area contributed by atoms with Crippen molar-refractivity contribution in [2.75, 3.05) is 5.73 Å². The molecule has 8 nitrogen and oxygen atoms in total. The molecule has 90 valence electrons. The molecular formula is C9H10N4O4. The van der Waals surface area contributed by atoms with Crippen molar-refractivity contribution >= 4 is 11.8 Å². The molecule has 0 spiro atoms. The van der Waals surface area contributed by atoms with E-state index >= 15 is 0 Å². The zero-order valence-corrected chi connectivity index (χ0v) is 8.61. The lowest BCUT2D eigenvalue weighted by atomic mass is 10.1. The fourth-order valence-electron chi connectivity index (χ4n) is 1.11. The highest BCUT2D eigenvalue weighted by atomic mass is 16.4. The van der Waals surface area contributed by atoms with Crippen LogP contribution in [0.25, 0.3) is 0 Å². The minimum absolute atomic E-state index is 0.153. The van der Waals surface area contributed by atoms with E-state index < -0.39 is 23.9 Å². The molecule has 1 aromatic rings. The molecule has 0 fully saturated rings. The van der Waals surface area contributed by atoms with Gasteiger partial charge in [0.2, 0.25) is 0 Å². The van der Waals surface area contributed by atoms with Crippen molar-refractivity contribution in [3.63, 3.8) is 0 Å². The molecule has 0 bridgehead atoms. The summed E-state index contributed by atoms with van der Waals surface area (Å²) in [6.07, 6.45) is -2.11. The smallest absolute Gasteiger partial charge is 0.358 e. The molecule has 0 amide bonds. The van der Waals surface area contributed by atoms with Gasteiger partial charge >= 0.3 is 5.97 Å². The maximum Gasteiger partial charge on any atom is 0.358 e. The van der Waals surface area contributed by atoms with Crippen LogP contribution < -0.4 is 5.73 Å². The molecule has 1 rings (SSSR count). The van der Waals surface area contributed by atoms with Gasteiger partial charge in [-0.05, 0) is 0 Å². The Morgan fingerprint density at radius 2 is 2.24 bits per heavy atom. The van der Waals surface area contributed by atoms with Crippen molar-refractivity contribution in [3.05, 3.63) is 17.6 Å². The van der Waals surface area contributed by atoms with Crippen molar-refractivity contribution in [3.8, 4) is 6.07 Å². The average Bonchev–Trinajstić information content (AvgIpc) is 2.28. The molecule has 1 heterocycles. The van der Waals surface area contributed by atoms with Crippen LogP contribution in [0.5, 0.6) is 0 Å². The monoisotopic (exact) mass is 238 g/mol. The van der Waals surface area contributed by atoms with Gasteiger partial charge in [-0.1, -0.05) is 0 Å². The third kappa shape index (κ3) is 2.87. The van der Waals surface area contributed by atoms with Crippen molar-refractivity contribution in [2.24, 2.45) is 0 Å². The largest absolute Gasteiger partial charge is 0.476 e. The Kier molecular flexibility index (Phi) is 3.92. The number of nitrogens with two attached hydrogens (primary N) is 1. The second kappa shape index (κ2) is 5.20. The Hall–Kier alpha value is -2.24. The Balaban J connectivity index is 3.04. The third-order valence-electron chi connectivity index (χ3n) is 1.99. The Morgan fingerprint density at radius 1 is 1.59 bits per heavy atom. The molecule has 0 radical (unpaired) electrons. The highest BCUT2D eigenvalue weighted by molar-refractivity contribution is 5.90.